The molecule has 1 saturated carbocycles. The molecule has 27 heavy (non-hydrogen) atoms. The Labute approximate surface area is 165 Å². The van der Waals surface area contributed by atoms with E-state index in [1.54, 1.807) is 0 Å². The van der Waals surface area contributed by atoms with Gasteiger partial charge in [-0.3, -0.25) is 4.79 Å². The Balaban J connectivity index is 0.00000210. The molecule has 3 N–H and O–H groups in total. The lowest BCUT2D eigenvalue weighted by molar-refractivity contribution is -0.122. The minimum Gasteiger partial charge on any atom is -0.486 e. The Morgan fingerprint density at radius 1 is 1.00 bits per heavy atom. The van der Waals surface area contributed by atoms with E-state index in [-0.39, 0.29) is 23.9 Å². The van der Waals surface area contributed by atoms with Crippen molar-refractivity contribution in [2.45, 2.75) is 37.6 Å². The monoisotopic (exact) mass is 388 g/mol. The van der Waals surface area contributed by atoms with Gasteiger partial charge in [0.25, 0.3) is 0 Å². The summed E-state index contributed by atoms with van der Waals surface area (Å²) in [5, 5.41) is 3.31. The van der Waals surface area contributed by atoms with Crippen LogP contribution < -0.4 is 20.5 Å². The van der Waals surface area contributed by atoms with Crippen molar-refractivity contribution >= 4 is 24.0 Å². The molecule has 1 fully saturated rings. The minimum absolute atomic E-state index is 0. The van der Waals surface area contributed by atoms with Gasteiger partial charge in [0.15, 0.2) is 11.5 Å². The molecule has 144 valence electrons. The lowest BCUT2D eigenvalue weighted by Crippen LogP contribution is -2.44. The van der Waals surface area contributed by atoms with E-state index >= 15 is 0 Å². The van der Waals surface area contributed by atoms with Gasteiger partial charge in [-0.1, -0.05) is 31.0 Å². The van der Waals surface area contributed by atoms with Crippen LogP contribution in [0, 0.1) is 0 Å². The van der Waals surface area contributed by atoms with Gasteiger partial charge in [-0.05, 0) is 48.2 Å². The molecule has 2 aromatic carbocycles. The quantitative estimate of drug-likeness (QED) is 0.785. The topological polar surface area (TPSA) is 73.6 Å². The highest BCUT2D eigenvalue weighted by atomic mass is 35.5. The number of hydrogen-bond acceptors (Lipinski definition) is 4. The molecule has 0 spiro atoms. The molecule has 0 unspecified atom stereocenters. The van der Waals surface area contributed by atoms with Crippen molar-refractivity contribution < 1.29 is 14.3 Å². The Bertz CT molecular complexity index is 802. The van der Waals surface area contributed by atoms with Crippen molar-refractivity contribution in [2.24, 2.45) is 0 Å². The first kappa shape index (κ1) is 19.4. The van der Waals surface area contributed by atoms with E-state index in [4.69, 9.17) is 15.2 Å². The number of nitrogen functional groups attached to an aromatic ring is 1. The first-order chi connectivity index (χ1) is 12.6. The summed E-state index contributed by atoms with van der Waals surface area (Å²) in [4.78, 5) is 12.7. The summed E-state index contributed by atoms with van der Waals surface area (Å²) >= 11 is 0. The third-order valence-corrected chi connectivity index (χ3v) is 5.27. The molecule has 1 aliphatic heterocycles. The van der Waals surface area contributed by atoms with Crippen molar-refractivity contribution in [3.63, 3.8) is 0 Å². The zero-order valence-corrected chi connectivity index (χ0v) is 16.0. The molecule has 0 radical (unpaired) electrons. The van der Waals surface area contributed by atoms with Gasteiger partial charge in [0, 0.05) is 5.69 Å². The van der Waals surface area contributed by atoms with Crippen molar-refractivity contribution in [3.05, 3.63) is 53.6 Å². The first-order valence-electron chi connectivity index (χ1n) is 9.20. The molecule has 6 heteroatoms. The van der Waals surface area contributed by atoms with Crippen LogP contribution in [0.2, 0.25) is 0 Å². The first-order valence-corrected chi connectivity index (χ1v) is 9.20. The average molecular weight is 389 g/mol. The van der Waals surface area contributed by atoms with Crippen LogP contribution in [0.4, 0.5) is 5.69 Å². The molecule has 1 aliphatic carbocycles. The fourth-order valence-electron chi connectivity index (χ4n) is 3.94. The highest BCUT2D eigenvalue weighted by Crippen LogP contribution is 2.42. The number of ether oxygens (including phenoxy) is 2. The van der Waals surface area contributed by atoms with Crippen LogP contribution in [0.25, 0.3) is 0 Å². The maximum absolute atomic E-state index is 12.7. The van der Waals surface area contributed by atoms with Gasteiger partial charge in [0.1, 0.15) is 13.2 Å². The molecule has 4 rings (SSSR count). The molecule has 1 heterocycles. The van der Waals surface area contributed by atoms with Gasteiger partial charge in [-0.15, -0.1) is 12.4 Å². The number of anilines is 1. The smallest absolute Gasteiger partial charge is 0.225 e. The number of carbonyl (C=O) groups excluding carboxylic acids is 1. The van der Waals surface area contributed by atoms with E-state index in [1.165, 1.54) is 0 Å². The van der Waals surface area contributed by atoms with E-state index in [9.17, 15) is 4.79 Å². The molecular weight excluding hydrogens is 364 g/mol. The second-order valence-electron chi connectivity index (χ2n) is 7.11. The highest BCUT2D eigenvalue weighted by molar-refractivity contribution is 5.85. The summed E-state index contributed by atoms with van der Waals surface area (Å²) in [6.45, 7) is 1.14. The summed E-state index contributed by atoms with van der Waals surface area (Å²) in [6.07, 6.45) is 4.46. The van der Waals surface area contributed by atoms with Crippen LogP contribution in [0.15, 0.2) is 42.5 Å². The zero-order valence-electron chi connectivity index (χ0n) is 15.2. The molecule has 2 aliphatic rings. The Kier molecular flexibility index (Phi) is 5.80. The van der Waals surface area contributed by atoms with Crippen LogP contribution in [-0.2, 0) is 16.8 Å². The molecule has 0 aromatic heterocycles. The van der Waals surface area contributed by atoms with E-state index in [0.29, 0.717) is 25.3 Å². The maximum atomic E-state index is 12.7. The van der Waals surface area contributed by atoms with Crippen molar-refractivity contribution in [1.29, 1.82) is 0 Å². The van der Waals surface area contributed by atoms with Crippen LogP contribution in [0.1, 0.15) is 36.8 Å². The fraction of sp³-hybridized carbons (Fsp3) is 0.381. The number of hydrogen-bond donors (Lipinski definition) is 2. The predicted octanol–water partition coefficient (Wildman–Crippen LogP) is 3.59. The number of amides is 1. The lowest BCUT2D eigenvalue weighted by atomic mass is 9.87. The standard InChI is InChI=1S/C21H24N2O3.ClH/c22-17-6-3-15(4-7-17)13-20(24)23-21(9-1-2-10-21)16-5-8-18-19(14-16)26-12-11-25-18;/h3-8,14H,1-2,9-13,22H2,(H,23,24);1H. The van der Waals surface area contributed by atoms with E-state index in [1.807, 2.05) is 36.4 Å². The zero-order chi connectivity index (χ0) is 18.0. The van der Waals surface area contributed by atoms with Crippen LogP contribution in [0.3, 0.4) is 0 Å². The number of nitrogens with two attached hydrogens (primary N) is 1. The summed E-state index contributed by atoms with van der Waals surface area (Å²) in [5.74, 6) is 1.58. The Morgan fingerprint density at radius 3 is 2.37 bits per heavy atom. The number of carbonyl (C=O) groups is 1. The van der Waals surface area contributed by atoms with E-state index in [2.05, 4.69) is 11.4 Å². The normalized spacial score (nSPS) is 17.0. The van der Waals surface area contributed by atoms with Gasteiger partial charge in [-0.25, -0.2) is 0 Å². The summed E-state index contributed by atoms with van der Waals surface area (Å²) in [7, 11) is 0. The number of halogens is 1. The fourth-order valence-corrected chi connectivity index (χ4v) is 3.94. The molecular formula is C21H25ClN2O3. The van der Waals surface area contributed by atoms with Gasteiger partial charge in [0.2, 0.25) is 5.91 Å². The number of benzene rings is 2. The van der Waals surface area contributed by atoms with Crippen molar-refractivity contribution in [2.75, 3.05) is 18.9 Å². The van der Waals surface area contributed by atoms with Crippen LogP contribution in [0.5, 0.6) is 11.5 Å². The third-order valence-electron chi connectivity index (χ3n) is 5.27. The van der Waals surface area contributed by atoms with E-state index in [0.717, 1.165) is 48.3 Å². The van der Waals surface area contributed by atoms with Crippen molar-refractivity contribution in [3.8, 4) is 11.5 Å². The van der Waals surface area contributed by atoms with E-state index < -0.39 is 0 Å². The SMILES string of the molecule is Cl.Nc1ccc(CC(=O)NC2(c3ccc4c(c3)OCCO4)CCCC2)cc1. The number of fused-ring (bicyclic) bond motifs is 1. The van der Waals surface area contributed by atoms with Gasteiger partial charge in [-0.2, -0.15) is 0 Å². The molecule has 5 nitrogen and oxygen atoms in total. The van der Waals surface area contributed by atoms with Gasteiger partial charge in [0.05, 0.1) is 12.0 Å². The summed E-state index contributed by atoms with van der Waals surface area (Å²) < 4.78 is 11.4. The molecule has 0 atom stereocenters. The molecule has 2 aromatic rings. The molecule has 0 bridgehead atoms. The lowest BCUT2D eigenvalue weighted by Gasteiger charge is -2.32. The van der Waals surface area contributed by atoms with Gasteiger partial charge < -0.3 is 20.5 Å². The highest BCUT2D eigenvalue weighted by Gasteiger charge is 2.37. The predicted molar refractivity (Wildman–Crippen MR) is 108 cm³/mol. The summed E-state index contributed by atoms with van der Waals surface area (Å²) in [5.41, 5.74) is 8.17. The van der Waals surface area contributed by atoms with Crippen molar-refractivity contribution in [1.82, 2.24) is 5.32 Å². The van der Waals surface area contributed by atoms with Gasteiger partial charge >= 0.3 is 0 Å². The molecule has 1 amide bonds. The van der Waals surface area contributed by atoms with Crippen LogP contribution in [-0.4, -0.2) is 19.1 Å². The third kappa shape index (κ3) is 4.14. The summed E-state index contributed by atoms with van der Waals surface area (Å²) in [6, 6.07) is 13.5. The second-order valence-corrected chi connectivity index (χ2v) is 7.11. The number of rotatable bonds is 4. The average Bonchev–Trinajstić information content (AvgIpc) is 3.13. The molecule has 0 saturated heterocycles. The maximum Gasteiger partial charge on any atom is 0.225 e. The Morgan fingerprint density at radius 2 is 1.67 bits per heavy atom. The number of nitrogens with one attached hydrogen (secondary N) is 1. The largest absolute Gasteiger partial charge is 0.486 e. The minimum atomic E-state index is -0.319. The second kappa shape index (κ2) is 8.09. The van der Waals surface area contributed by atoms with Crippen LogP contribution >= 0.6 is 12.4 Å². The Hall–Kier alpha value is -2.40.